The molecular weight excluding hydrogens is 374 g/mol. The number of carbonyl (C=O) groups is 1. The molecule has 144 valence electrons. The van der Waals surface area contributed by atoms with Crippen LogP contribution >= 0.6 is 11.8 Å². The SMILES string of the molecule is COc1ccc(-c2ccc(SCC(=O)Nc3ccccc3C)nn2)cc1OC. The number of anilines is 1. The molecule has 28 heavy (non-hydrogen) atoms. The fourth-order valence-electron chi connectivity index (χ4n) is 2.59. The van der Waals surface area contributed by atoms with E-state index in [1.165, 1.54) is 11.8 Å². The molecule has 1 heterocycles. The van der Waals surface area contributed by atoms with E-state index in [0.29, 0.717) is 16.5 Å². The van der Waals surface area contributed by atoms with E-state index in [-0.39, 0.29) is 11.7 Å². The van der Waals surface area contributed by atoms with Gasteiger partial charge in [0.05, 0.1) is 25.7 Å². The number of thioether (sulfide) groups is 1. The summed E-state index contributed by atoms with van der Waals surface area (Å²) in [6.45, 7) is 1.96. The molecular formula is C21H21N3O3S. The molecule has 0 aliphatic rings. The Morgan fingerprint density at radius 3 is 2.46 bits per heavy atom. The summed E-state index contributed by atoms with van der Waals surface area (Å²) in [5, 5.41) is 12.1. The highest BCUT2D eigenvalue weighted by Crippen LogP contribution is 2.31. The molecule has 0 aliphatic heterocycles. The van der Waals surface area contributed by atoms with Gasteiger partial charge in [-0.1, -0.05) is 30.0 Å². The van der Waals surface area contributed by atoms with Crippen molar-refractivity contribution in [2.24, 2.45) is 0 Å². The fraction of sp³-hybridized carbons (Fsp3) is 0.190. The number of carbonyl (C=O) groups excluding carboxylic acids is 1. The number of methoxy groups -OCH3 is 2. The summed E-state index contributed by atoms with van der Waals surface area (Å²) in [6.07, 6.45) is 0. The highest BCUT2D eigenvalue weighted by atomic mass is 32.2. The van der Waals surface area contributed by atoms with Gasteiger partial charge in [0.1, 0.15) is 5.03 Å². The Bertz CT molecular complexity index is 961. The lowest BCUT2D eigenvalue weighted by Gasteiger charge is -2.09. The van der Waals surface area contributed by atoms with E-state index in [2.05, 4.69) is 15.5 Å². The average molecular weight is 395 g/mol. The Labute approximate surface area is 168 Å². The van der Waals surface area contributed by atoms with Gasteiger partial charge in [-0.05, 0) is 48.9 Å². The molecule has 3 aromatic rings. The second-order valence-corrected chi connectivity index (χ2v) is 6.97. The summed E-state index contributed by atoms with van der Waals surface area (Å²) in [5.74, 6) is 1.47. The minimum Gasteiger partial charge on any atom is -0.493 e. The molecule has 0 bridgehead atoms. The van der Waals surface area contributed by atoms with Crippen molar-refractivity contribution in [1.82, 2.24) is 10.2 Å². The number of aryl methyl sites for hydroxylation is 1. The van der Waals surface area contributed by atoms with Crippen LogP contribution in [0.15, 0.2) is 59.6 Å². The summed E-state index contributed by atoms with van der Waals surface area (Å²) in [4.78, 5) is 12.2. The summed E-state index contributed by atoms with van der Waals surface area (Å²) in [5.41, 5.74) is 3.44. The molecule has 3 rings (SSSR count). The van der Waals surface area contributed by atoms with Gasteiger partial charge in [-0.3, -0.25) is 4.79 Å². The van der Waals surface area contributed by atoms with Gasteiger partial charge in [-0.25, -0.2) is 0 Å². The molecule has 2 aromatic carbocycles. The normalized spacial score (nSPS) is 10.4. The number of hydrogen-bond acceptors (Lipinski definition) is 6. The first-order chi connectivity index (χ1) is 13.6. The minimum atomic E-state index is -0.0786. The van der Waals surface area contributed by atoms with E-state index in [9.17, 15) is 4.79 Å². The third kappa shape index (κ3) is 4.80. The highest BCUT2D eigenvalue weighted by Gasteiger charge is 2.09. The minimum absolute atomic E-state index is 0.0786. The van der Waals surface area contributed by atoms with E-state index in [0.717, 1.165) is 22.5 Å². The molecule has 1 aromatic heterocycles. The highest BCUT2D eigenvalue weighted by molar-refractivity contribution is 7.99. The molecule has 0 radical (unpaired) electrons. The van der Waals surface area contributed by atoms with E-state index in [4.69, 9.17) is 9.47 Å². The maximum Gasteiger partial charge on any atom is 0.234 e. The third-order valence-corrected chi connectivity index (χ3v) is 5.01. The van der Waals surface area contributed by atoms with Gasteiger partial charge in [0.2, 0.25) is 5.91 Å². The van der Waals surface area contributed by atoms with Gasteiger partial charge < -0.3 is 14.8 Å². The van der Waals surface area contributed by atoms with Crippen LogP contribution in [-0.4, -0.2) is 36.1 Å². The second-order valence-electron chi connectivity index (χ2n) is 5.98. The number of benzene rings is 2. The maximum atomic E-state index is 12.2. The van der Waals surface area contributed by atoms with Crippen LogP contribution in [0.25, 0.3) is 11.3 Å². The van der Waals surface area contributed by atoms with Crippen LogP contribution in [0.5, 0.6) is 11.5 Å². The van der Waals surface area contributed by atoms with Crippen LogP contribution in [0.1, 0.15) is 5.56 Å². The summed E-state index contributed by atoms with van der Waals surface area (Å²) in [6, 6.07) is 17.0. The Hall–Kier alpha value is -3.06. The Morgan fingerprint density at radius 1 is 1.00 bits per heavy atom. The Kier molecular flexibility index (Phi) is 6.49. The van der Waals surface area contributed by atoms with Crippen molar-refractivity contribution in [3.8, 4) is 22.8 Å². The zero-order chi connectivity index (χ0) is 19.9. The largest absolute Gasteiger partial charge is 0.493 e. The Balaban J connectivity index is 1.62. The second kappa shape index (κ2) is 9.23. The van der Waals surface area contributed by atoms with E-state index in [1.54, 1.807) is 14.2 Å². The molecule has 6 nitrogen and oxygen atoms in total. The van der Waals surface area contributed by atoms with Crippen molar-refractivity contribution in [2.45, 2.75) is 11.9 Å². The van der Waals surface area contributed by atoms with Crippen LogP contribution in [0.2, 0.25) is 0 Å². The molecule has 0 fully saturated rings. The Morgan fingerprint density at radius 2 is 1.79 bits per heavy atom. The molecule has 1 N–H and O–H groups in total. The van der Waals surface area contributed by atoms with Crippen molar-refractivity contribution >= 4 is 23.4 Å². The van der Waals surface area contributed by atoms with Gasteiger partial charge in [0.15, 0.2) is 11.5 Å². The third-order valence-electron chi connectivity index (χ3n) is 4.09. The summed E-state index contributed by atoms with van der Waals surface area (Å²) >= 11 is 1.34. The van der Waals surface area contributed by atoms with Crippen LogP contribution < -0.4 is 14.8 Å². The van der Waals surface area contributed by atoms with Crippen LogP contribution in [0.3, 0.4) is 0 Å². The van der Waals surface area contributed by atoms with Crippen molar-refractivity contribution < 1.29 is 14.3 Å². The van der Waals surface area contributed by atoms with E-state index in [1.807, 2.05) is 61.5 Å². The molecule has 0 unspecified atom stereocenters. The molecule has 0 saturated carbocycles. The molecule has 0 spiro atoms. The van der Waals surface area contributed by atoms with E-state index >= 15 is 0 Å². The van der Waals surface area contributed by atoms with Crippen molar-refractivity contribution in [2.75, 3.05) is 25.3 Å². The number of amides is 1. The van der Waals surface area contributed by atoms with Gasteiger partial charge in [0, 0.05) is 11.3 Å². The predicted molar refractivity (Wildman–Crippen MR) is 111 cm³/mol. The zero-order valence-electron chi connectivity index (χ0n) is 15.9. The lowest BCUT2D eigenvalue weighted by molar-refractivity contribution is -0.113. The molecule has 0 saturated heterocycles. The lowest BCUT2D eigenvalue weighted by atomic mass is 10.1. The number of aromatic nitrogens is 2. The van der Waals surface area contributed by atoms with Crippen molar-refractivity contribution in [3.63, 3.8) is 0 Å². The maximum absolute atomic E-state index is 12.2. The molecule has 0 atom stereocenters. The number of ether oxygens (including phenoxy) is 2. The number of hydrogen-bond donors (Lipinski definition) is 1. The number of nitrogens with zero attached hydrogens (tertiary/aromatic N) is 2. The molecule has 0 aliphatic carbocycles. The quantitative estimate of drug-likeness (QED) is 0.605. The number of para-hydroxylation sites is 1. The lowest BCUT2D eigenvalue weighted by Crippen LogP contribution is -2.14. The van der Waals surface area contributed by atoms with Crippen LogP contribution in [0, 0.1) is 6.92 Å². The smallest absolute Gasteiger partial charge is 0.234 e. The zero-order valence-corrected chi connectivity index (χ0v) is 16.7. The van der Waals surface area contributed by atoms with Crippen LogP contribution in [-0.2, 0) is 4.79 Å². The van der Waals surface area contributed by atoms with E-state index < -0.39 is 0 Å². The topological polar surface area (TPSA) is 73.3 Å². The van der Waals surface area contributed by atoms with Crippen LogP contribution in [0.4, 0.5) is 5.69 Å². The predicted octanol–water partition coefficient (Wildman–Crippen LogP) is 4.20. The monoisotopic (exact) mass is 395 g/mol. The standard InChI is InChI=1S/C21H21N3O3S/c1-14-6-4-5-7-16(14)22-20(25)13-28-21-11-9-17(23-24-21)15-8-10-18(26-2)19(12-15)27-3/h4-12H,13H2,1-3H3,(H,22,25). The van der Waals surface area contributed by atoms with Crippen molar-refractivity contribution in [1.29, 1.82) is 0 Å². The first-order valence-electron chi connectivity index (χ1n) is 8.65. The summed E-state index contributed by atoms with van der Waals surface area (Å²) < 4.78 is 10.6. The van der Waals surface area contributed by atoms with Gasteiger partial charge in [0.25, 0.3) is 0 Å². The van der Waals surface area contributed by atoms with Gasteiger partial charge in [-0.15, -0.1) is 10.2 Å². The fourth-order valence-corrected chi connectivity index (χ4v) is 3.20. The average Bonchev–Trinajstić information content (AvgIpc) is 2.74. The van der Waals surface area contributed by atoms with Gasteiger partial charge in [-0.2, -0.15) is 0 Å². The first-order valence-corrected chi connectivity index (χ1v) is 9.63. The number of nitrogens with one attached hydrogen (secondary N) is 1. The molecule has 1 amide bonds. The number of rotatable bonds is 7. The molecule has 7 heteroatoms. The summed E-state index contributed by atoms with van der Waals surface area (Å²) in [7, 11) is 3.19. The van der Waals surface area contributed by atoms with Gasteiger partial charge >= 0.3 is 0 Å². The van der Waals surface area contributed by atoms with Crippen molar-refractivity contribution in [3.05, 3.63) is 60.2 Å². The first kappa shape index (κ1) is 19.7.